The average Bonchev–Trinajstić information content (AvgIpc) is 3.07. The van der Waals surface area contributed by atoms with Crippen molar-refractivity contribution in [2.75, 3.05) is 42.1 Å². The Balaban J connectivity index is 1.34. The summed E-state index contributed by atoms with van der Waals surface area (Å²) >= 11 is 0. The van der Waals surface area contributed by atoms with Gasteiger partial charge in [0.05, 0.1) is 35.2 Å². The Kier molecular flexibility index (Phi) is 5.37. The molecule has 33 heavy (non-hydrogen) atoms. The molecule has 2 aliphatic rings. The van der Waals surface area contributed by atoms with Crippen LogP contribution in [0.25, 0.3) is 5.65 Å². The van der Waals surface area contributed by atoms with E-state index in [0.29, 0.717) is 44.7 Å². The van der Waals surface area contributed by atoms with Crippen LogP contribution >= 0.6 is 0 Å². The lowest BCUT2D eigenvalue weighted by Gasteiger charge is -2.38. The first-order valence-electron chi connectivity index (χ1n) is 10.6. The number of nitrogens with zero attached hydrogens (tertiary/aromatic N) is 6. The largest absolute Gasteiger partial charge is 0.381 e. The number of pyridine rings is 1. The van der Waals surface area contributed by atoms with E-state index >= 15 is 0 Å². The van der Waals surface area contributed by atoms with Crippen LogP contribution < -0.4 is 16.0 Å². The fourth-order valence-corrected chi connectivity index (χ4v) is 6.23. The predicted molar refractivity (Wildman–Crippen MR) is 120 cm³/mol. The van der Waals surface area contributed by atoms with Crippen molar-refractivity contribution < 1.29 is 17.6 Å². The fourth-order valence-electron chi connectivity index (χ4n) is 4.24. The third-order valence-corrected chi connectivity index (χ3v) is 8.52. The quantitative estimate of drug-likeness (QED) is 0.561. The SMILES string of the molecule is Nc1nn2cc(F)cnc2c1C(=O)Nc1cnccc1N1CCC(S(=O)(=O)N2CCC2)CC1. The van der Waals surface area contributed by atoms with Crippen molar-refractivity contribution in [3.05, 3.63) is 42.2 Å². The second-order valence-electron chi connectivity index (χ2n) is 8.13. The van der Waals surface area contributed by atoms with Gasteiger partial charge < -0.3 is 16.0 Å². The third-order valence-electron chi connectivity index (χ3n) is 6.12. The summed E-state index contributed by atoms with van der Waals surface area (Å²) in [5.74, 6) is -1.23. The molecule has 2 saturated heterocycles. The highest BCUT2D eigenvalue weighted by atomic mass is 32.2. The fraction of sp³-hybridized carbons (Fsp3) is 0.400. The van der Waals surface area contributed by atoms with Crippen LogP contribution in [0.5, 0.6) is 0 Å². The van der Waals surface area contributed by atoms with Gasteiger partial charge in [-0.1, -0.05) is 0 Å². The standard InChI is InChI=1S/C20H23FN8O3S/c21-13-10-24-19-17(18(22)26-29(19)12-13)20(30)25-15-11-23-5-2-16(15)27-8-3-14(4-9-27)33(31,32)28-6-1-7-28/h2,5,10-12,14H,1,3-4,6-9H2,(H2,22,26)(H,25,30). The van der Waals surface area contributed by atoms with Crippen molar-refractivity contribution in [3.8, 4) is 0 Å². The molecule has 0 aromatic carbocycles. The zero-order chi connectivity index (χ0) is 23.2. The van der Waals surface area contributed by atoms with Crippen molar-refractivity contribution in [2.45, 2.75) is 24.5 Å². The second-order valence-corrected chi connectivity index (χ2v) is 10.3. The number of aromatic nitrogens is 4. The Morgan fingerprint density at radius 3 is 2.64 bits per heavy atom. The maximum absolute atomic E-state index is 13.4. The van der Waals surface area contributed by atoms with E-state index in [9.17, 15) is 17.6 Å². The Hall–Kier alpha value is -3.32. The molecule has 3 aromatic rings. The van der Waals surface area contributed by atoms with Gasteiger partial charge in [-0.05, 0) is 25.3 Å². The molecule has 1 amide bonds. The zero-order valence-corrected chi connectivity index (χ0v) is 18.5. The van der Waals surface area contributed by atoms with Crippen LogP contribution in [0.2, 0.25) is 0 Å². The molecule has 174 valence electrons. The molecule has 5 rings (SSSR count). The Bertz CT molecular complexity index is 1320. The zero-order valence-electron chi connectivity index (χ0n) is 17.7. The lowest BCUT2D eigenvalue weighted by atomic mass is 10.1. The maximum atomic E-state index is 13.4. The van der Waals surface area contributed by atoms with Crippen LogP contribution in [0.1, 0.15) is 29.6 Å². The number of hydrogen-bond donors (Lipinski definition) is 2. The predicted octanol–water partition coefficient (Wildman–Crippen LogP) is 1.10. The maximum Gasteiger partial charge on any atom is 0.263 e. The number of nitrogen functional groups attached to an aromatic ring is 1. The monoisotopic (exact) mass is 474 g/mol. The van der Waals surface area contributed by atoms with Gasteiger partial charge in [-0.25, -0.2) is 26.6 Å². The van der Waals surface area contributed by atoms with Gasteiger partial charge in [0.2, 0.25) is 10.0 Å². The van der Waals surface area contributed by atoms with E-state index in [0.717, 1.165) is 29.0 Å². The van der Waals surface area contributed by atoms with E-state index < -0.39 is 21.7 Å². The molecule has 2 aliphatic heterocycles. The van der Waals surface area contributed by atoms with E-state index in [1.807, 2.05) is 4.90 Å². The minimum absolute atomic E-state index is 0.0316. The topological polar surface area (TPSA) is 139 Å². The minimum Gasteiger partial charge on any atom is -0.381 e. The second kappa shape index (κ2) is 8.23. The molecule has 0 saturated carbocycles. The van der Waals surface area contributed by atoms with E-state index in [1.165, 1.54) is 6.20 Å². The average molecular weight is 475 g/mol. The number of piperidine rings is 1. The molecular weight excluding hydrogens is 451 g/mol. The number of amides is 1. The molecule has 0 atom stereocenters. The van der Waals surface area contributed by atoms with Crippen molar-refractivity contribution in [2.24, 2.45) is 0 Å². The van der Waals surface area contributed by atoms with Gasteiger partial charge in [-0.15, -0.1) is 5.10 Å². The number of sulfonamides is 1. The van der Waals surface area contributed by atoms with Gasteiger partial charge in [-0.2, -0.15) is 0 Å². The van der Waals surface area contributed by atoms with Gasteiger partial charge in [-0.3, -0.25) is 9.78 Å². The summed E-state index contributed by atoms with van der Waals surface area (Å²) in [6.07, 6.45) is 7.13. The number of carbonyl (C=O) groups is 1. The molecule has 0 bridgehead atoms. The van der Waals surface area contributed by atoms with Crippen LogP contribution in [0, 0.1) is 5.82 Å². The molecule has 5 heterocycles. The number of hydrogen-bond acceptors (Lipinski definition) is 8. The van der Waals surface area contributed by atoms with Crippen LogP contribution in [0.15, 0.2) is 30.9 Å². The molecule has 0 unspecified atom stereocenters. The number of fused-ring (bicyclic) bond motifs is 1. The third kappa shape index (κ3) is 3.86. The van der Waals surface area contributed by atoms with Crippen LogP contribution in [-0.2, 0) is 10.0 Å². The molecule has 2 fully saturated rings. The molecule has 11 nitrogen and oxygen atoms in total. The van der Waals surface area contributed by atoms with Crippen molar-refractivity contribution in [3.63, 3.8) is 0 Å². The van der Waals surface area contributed by atoms with Crippen molar-refractivity contribution in [1.82, 2.24) is 23.9 Å². The summed E-state index contributed by atoms with van der Waals surface area (Å²) in [4.78, 5) is 23.1. The van der Waals surface area contributed by atoms with Gasteiger partial charge >= 0.3 is 0 Å². The van der Waals surface area contributed by atoms with Crippen molar-refractivity contribution >= 4 is 38.8 Å². The van der Waals surface area contributed by atoms with Crippen LogP contribution in [0.4, 0.5) is 21.6 Å². The summed E-state index contributed by atoms with van der Waals surface area (Å²) in [6, 6.07) is 1.77. The van der Waals surface area contributed by atoms with E-state index in [-0.39, 0.29) is 22.3 Å². The number of halogens is 1. The first kappa shape index (κ1) is 21.5. The Morgan fingerprint density at radius 2 is 1.94 bits per heavy atom. The Morgan fingerprint density at radius 1 is 1.18 bits per heavy atom. The lowest BCUT2D eigenvalue weighted by Crippen LogP contribution is -2.50. The number of nitrogens with one attached hydrogen (secondary N) is 1. The van der Waals surface area contributed by atoms with Gasteiger partial charge in [0.15, 0.2) is 17.3 Å². The van der Waals surface area contributed by atoms with E-state index in [1.54, 1.807) is 16.6 Å². The van der Waals surface area contributed by atoms with Gasteiger partial charge in [0.25, 0.3) is 5.91 Å². The molecule has 0 aliphatic carbocycles. The number of anilines is 3. The summed E-state index contributed by atoms with van der Waals surface area (Å²) in [5, 5.41) is 6.36. The highest BCUT2D eigenvalue weighted by Crippen LogP contribution is 2.31. The molecular formula is C20H23FN8O3S. The first-order valence-corrected chi connectivity index (χ1v) is 12.1. The minimum atomic E-state index is -3.25. The highest BCUT2D eigenvalue weighted by Gasteiger charge is 2.37. The summed E-state index contributed by atoms with van der Waals surface area (Å²) < 4.78 is 41.5. The highest BCUT2D eigenvalue weighted by molar-refractivity contribution is 7.89. The molecule has 0 radical (unpaired) electrons. The molecule has 3 aromatic heterocycles. The number of carbonyl (C=O) groups excluding carboxylic acids is 1. The van der Waals surface area contributed by atoms with Gasteiger partial charge in [0.1, 0.15) is 5.56 Å². The van der Waals surface area contributed by atoms with E-state index in [2.05, 4.69) is 20.4 Å². The molecule has 0 spiro atoms. The molecule has 3 N–H and O–H groups in total. The van der Waals surface area contributed by atoms with Crippen LogP contribution in [-0.4, -0.2) is 69.6 Å². The smallest absolute Gasteiger partial charge is 0.263 e. The number of rotatable bonds is 5. The summed E-state index contributed by atoms with van der Waals surface area (Å²) in [7, 11) is -3.25. The Labute approximate surface area is 189 Å². The van der Waals surface area contributed by atoms with Crippen molar-refractivity contribution in [1.29, 1.82) is 0 Å². The summed E-state index contributed by atoms with van der Waals surface area (Å²) in [6.45, 7) is 2.28. The first-order chi connectivity index (χ1) is 15.8. The van der Waals surface area contributed by atoms with Gasteiger partial charge in [0, 0.05) is 32.4 Å². The summed E-state index contributed by atoms with van der Waals surface area (Å²) in [5.41, 5.74) is 7.24. The lowest BCUT2D eigenvalue weighted by molar-refractivity contribution is 0.102. The molecule has 13 heteroatoms. The normalized spacial score (nSPS) is 17.8. The van der Waals surface area contributed by atoms with E-state index in [4.69, 9.17) is 5.73 Å². The number of nitrogens with two attached hydrogens (primary N) is 1. The van der Waals surface area contributed by atoms with Crippen LogP contribution in [0.3, 0.4) is 0 Å².